The molecule has 0 unspecified atom stereocenters. The van der Waals surface area contributed by atoms with Crippen LogP contribution in [-0.4, -0.2) is 23.0 Å². The van der Waals surface area contributed by atoms with E-state index in [4.69, 9.17) is 11.6 Å². The molecule has 150 valence electrons. The van der Waals surface area contributed by atoms with Crippen molar-refractivity contribution in [1.29, 1.82) is 0 Å². The number of thioether (sulfide) groups is 1. The zero-order chi connectivity index (χ0) is 21.3. The third-order valence-corrected chi connectivity index (χ3v) is 5.61. The number of carbonyl (C=O) groups excluding carboxylic acids is 3. The Kier molecular flexibility index (Phi) is 6.15. The first-order valence-corrected chi connectivity index (χ1v) is 10.4. The molecule has 2 aromatic rings. The van der Waals surface area contributed by atoms with Crippen LogP contribution in [0.5, 0.6) is 0 Å². The Morgan fingerprint density at radius 3 is 2.28 bits per heavy atom. The van der Waals surface area contributed by atoms with Gasteiger partial charge in [0.05, 0.1) is 16.2 Å². The molecule has 3 amide bonds. The lowest BCUT2D eigenvalue weighted by Gasteiger charge is -2.18. The van der Waals surface area contributed by atoms with Gasteiger partial charge in [0.25, 0.3) is 11.8 Å². The lowest BCUT2D eigenvalue weighted by Crippen LogP contribution is -2.32. The minimum atomic E-state index is -0.365. The molecular weight excluding hydrogens is 408 g/mol. The van der Waals surface area contributed by atoms with E-state index in [1.54, 1.807) is 42.5 Å². The fourth-order valence-electron chi connectivity index (χ4n) is 3.12. The Labute approximate surface area is 179 Å². The Hall–Kier alpha value is -2.57. The van der Waals surface area contributed by atoms with E-state index in [1.807, 2.05) is 20.8 Å². The molecule has 1 aliphatic rings. The Morgan fingerprint density at radius 2 is 1.72 bits per heavy atom. The summed E-state index contributed by atoms with van der Waals surface area (Å²) in [4.78, 5) is 39.4. The lowest BCUT2D eigenvalue weighted by molar-refractivity contribution is -0.120. The number of benzene rings is 2. The molecule has 0 atom stereocenters. The van der Waals surface area contributed by atoms with Crippen molar-refractivity contribution in [2.45, 2.75) is 32.9 Å². The average Bonchev–Trinajstić information content (AvgIpc) is 2.86. The van der Waals surface area contributed by atoms with Crippen molar-refractivity contribution < 1.29 is 14.4 Å². The lowest BCUT2D eigenvalue weighted by atomic mass is 10.1. The van der Waals surface area contributed by atoms with Gasteiger partial charge < -0.3 is 5.32 Å². The van der Waals surface area contributed by atoms with Crippen LogP contribution in [-0.2, 0) is 14.4 Å². The van der Waals surface area contributed by atoms with Gasteiger partial charge in [-0.05, 0) is 48.4 Å². The van der Waals surface area contributed by atoms with E-state index in [0.29, 0.717) is 32.4 Å². The largest absolute Gasteiger partial charge is 0.326 e. The molecule has 0 saturated heterocycles. The van der Waals surface area contributed by atoms with Crippen molar-refractivity contribution in [3.05, 3.63) is 63.5 Å². The van der Waals surface area contributed by atoms with Crippen molar-refractivity contribution in [1.82, 2.24) is 0 Å². The standard InChI is InChI=1S/C22H21ClN2O3S/c1-12(2)29-20-19(15-5-8-17(9-6-15)24-14(4)26)21(27)25(22(20)28)18-10-7-16(23)11-13(18)3/h5-12H,1-4H3,(H,24,26). The van der Waals surface area contributed by atoms with E-state index >= 15 is 0 Å². The van der Waals surface area contributed by atoms with Gasteiger partial charge in [0.15, 0.2) is 0 Å². The fraction of sp³-hybridized carbons (Fsp3) is 0.227. The predicted molar refractivity (Wildman–Crippen MR) is 119 cm³/mol. The number of nitrogens with zero attached hydrogens (tertiary/aromatic N) is 1. The second-order valence-corrected chi connectivity index (χ2v) is 9.03. The highest BCUT2D eigenvalue weighted by molar-refractivity contribution is 8.04. The number of hydrogen-bond donors (Lipinski definition) is 1. The van der Waals surface area contributed by atoms with Gasteiger partial charge in [-0.2, -0.15) is 0 Å². The molecule has 1 heterocycles. The van der Waals surface area contributed by atoms with Crippen LogP contribution in [0.3, 0.4) is 0 Å². The molecule has 1 N–H and O–H groups in total. The first-order chi connectivity index (χ1) is 13.7. The SMILES string of the molecule is CC(=O)Nc1ccc(C2=C(SC(C)C)C(=O)N(c3ccc(Cl)cc3C)C2=O)cc1. The topological polar surface area (TPSA) is 66.5 Å². The maximum Gasteiger partial charge on any atom is 0.272 e. The molecular formula is C22H21ClN2O3S. The Balaban J connectivity index is 2.06. The van der Waals surface area contributed by atoms with Crippen LogP contribution in [0.15, 0.2) is 47.4 Å². The maximum atomic E-state index is 13.3. The van der Waals surface area contributed by atoms with Crippen LogP contribution in [0.4, 0.5) is 11.4 Å². The third kappa shape index (κ3) is 4.38. The monoisotopic (exact) mass is 428 g/mol. The van der Waals surface area contributed by atoms with E-state index in [0.717, 1.165) is 5.56 Å². The van der Waals surface area contributed by atoms with Crippen molar-refractivity contribution in [3.8, 4) is 0 Å². The summed E-state index contributed by atoms with van der Waals surface area (Å²) < 4.78 is 0. The van der Waals surface area contributed by atoms with Gasteiger partial charge in [-0.15, -0.1) is 11.8 Å². The molecule has 0 aliphatic carbocycles. The number of imide groups is 1. The second kappa shape index (κ2) is 8.43. The highest BCUT2D eigenvalue weighted by Gasteiger charge is 2.41. The highest BCUT2D eigenvalue weighted by Crippen LogP contribution is 2.41. The minimum absolute atomic E-state index is 0.127. The number of amides is 3. The number of hydrogen-bond acceptors (Lipinski definition) is 4. The third-order valence-electron chi connectivity index (χ3n) is 4.29. The molecule has 0 aromatic heterocycles. The van der Waals surface area contributed by atoms with Gasteiger partial charge in [-0.3, -0.25) is 14.4 Å². The normalized spacial score (nSPS) is 14.2. The van der Waals surface area contributed by atoms with Gasteiger partial charge in [0.2, 0.25) is 5.91 Å². The summed E-state index contributed by atoms with van der Waals surface area (Å²) in [6, 6.07) is 12.0. The molecule has 0 saturated carbocycles. The van der Waals surface area contributed by atoms with Gasteiger partial charge in [0, 0.05) is 22.9 Å². The molecule has 0 radical (unpaired) electrons. The van der Waals surface area contributed by atoms with E-state index in [-0.39, 0.29) is 23.0 Å². The smallest absolute Gasteiger partial charge is 0.272 e. The average molecular weight is 429 g/mol. The van der Waals surface area contributed by atoms with Crippen molar-refractivity contribution >= 4 is 58.0 Å². The highest BCUT2D eigenvalue weighted by atomic mass is 35.5. The number of carbonyl (C=O) groups is 3. The number of aryl methyl sites for hydroxylation is 1. The maximum absolute atomic E-state index is 13.3. The molecule has 0 fully saturated rings. The van der Waals surface area contributed by atoms with E-state index in [2.05, 4.69) is 5.32 Å². The molecule has 7 heteroatoms. The summed E-state index contributed by atoms with van der Waals surface area (Å²) >= 11 is 7.41. The molecule has 29 heavy (non-hydrogen) atoms. The molecule has 3 rings (SSSR count). The molecule has 0 bridgehead atoms. The molecule has 2 aromatic carbocycles. The minimum Gasteiger partial charge on any atom is -0.326 e. The van der Waals surface area contributed by atoms with Crippen LogP contribution >= 0.6 is 23.4 Å². The van der Waals surface area contributed by atoms with E-state index < -0.39 is 0 Å². The summed E-state index contributed by atoms with van der Waals surface area (Å²) in [5.41, 5.74) is 2.90. The number of nitrogens with one attached hydrogen (secondary N) is 1. The zero-order valence-corrected chi connectivity index (χ0v) is 18.1. The molecule has 5 nitrogen and oxygen atoms in total. The van der Waals surface area contributed by atoms with Crippen LogP contribution in [0, 0.1) is 6.92 Å². The van der Waals surface area contributed by atoms with Gasteiger partial charge >= 0.3 is 0 Å². The Morgan fingerprint density at radius 1 is 1.07 bits per heavy atom. The van der Waals surface area contributed by atoms with Crippen molar-refractivity contribution in [2.75, 3.05) is 10.2 Å². The molecule has 0 spiro atoms. The first-order valence-electron chi connectivity index (χ1n) is 9.13. The van der Waals surface area contributed by atoms with Crippen molar-refractivity contribution in [3.63, 3.8) is 0 Å². The number of halogens is 1. The Bertz CT molecular complexity index is 1030. The summed E-state index contributed by atoms with van der Waals surface area (Å²) in [5.74, 6) is -0.875. The van der Waals surface area contributed by atoms with Crippen LogP contribution in [0.1, 0.15) is 31.9 Å². The van der Waals surface area contributed by atoms with Gasteiger partial charge in [-0.25, -0.2) is 4.90 Å². The fourth-order valence-corrected chi connectivity index (χ4v) is 4.33. The van der Waals surface area contributed by atoms with Crippen LogP contribution < -0.4 is 10.2 Å². The van der Waals surface area contributed by atoms with Crippen molar-refractivity contribution in [2.24, 2.45) is 0 Å². The summed E-state index contributed by atoms with van der Waals surface area (Å²) in [7, 11) is 0. The first kappa shape index (κ1) is 21.1. The van der Waals surface area contributed by atoms with Gasteiger partial charge in [0.1, 0.15) is 0 Å². The number of anilines is 2. The quantitative estimate of drug-likeness (QED) is 0.678. The van der Waals surface area contributed by atoms with E-state index in [9.17, 15) is 14.4 Å². The van der Waals surface area contributed by atoms with Crippen LogP contribution in [0.2, 0.25) is 5.02 Å². The predicted octanol–water partition coefficient (Wildman–Crippen LogP) is 5.03. The summed E-state index contributed by atoms with van der Waals surface area (Å²) in [5, 5.41) is 3.37. The summed E-state index contributed by atoms with van der Waals surface area (Å²) in [6.45, 7) is 7.20. The molecule has 1 aliphatic heterocycles. The zero-order valence-electron chi connectivity index (χ0n) is 16.6. The van der Waals surface area contributed by atoms with Gasteiger partial charge in [-0.1, -0.05) is 37.6 Å². The number of rotatable bonds is 5. The van der Waals surface area contributed by atoms with E-state index in [1.165, 1.54) is 23.6 Å². The second-order valence-electron chi connectivity index (χ2n) is 7.01. The summed E-state index contributed by atoms with van der Waals surface area (Å²) in [6.07, 6.45) is 0. The van der Waals surface area contributed by atoms with Crippen LogP contribution in [0.25, 0.3) is 5.57 Å².